The smallest absolute Gasteiger partial charge is 0.189 e. The first-order valence-electron chi connectivity index (χ1n) is 6.46. The molecule has 4 heteroatoms. The molecule has 0 spiro atoms. The maximum Gasteiger partial charge on any atom is 0.189 e. The van der Waals surface area contributed by atoms with Crippen LogP contribution in [0.25, 0.3) is 0 Å². The normalized spacial score (nSPS) is 20.0. The number of Topliss-reactive ketones (excluding diaryl/α,β-unsaturated/α-hetero) is 1. The summed E-state index contributed by atoms with van der Waals surface area (Å²) in [6.45, 7) is 5.52. The van der Waals surface area contributed by atoms with Crippen LogP contribution in [0.15, 0.2) is 6.07 Å². The molecule has 0 radical (unpaired) electrons. The fourth-order valence-electron chi connectivity index (χ4n) is 2.21. The quantitative estimate of drug-likeness (QED) is 0.770. The maximum atomic E-state index is 12.0. The lowest BCUT2D eigenvalue weighted by Gasteiger charge is -2.22. The highest BCUT2D eigenvalue weighted by Crippen LogP contribution is 2.21. The van der Waals surface area contributed by atoms with Crippen LogP contribution >= 0.6 is 11.3 Å². The van der Waals surface area contributed by atoms with Crippen molar-refractivity contribution in [2.75, 3.05) is 19.8 Å². The van der Waals surface area contributed by atoms with Crippen molar-refractivity contribution in [2.45, 2.75) is 39.2 Å². The van der Waals surface area contributed by atoms with Crippen LogP contribution in [0.2, 0.25) is 0 Å². The van der Waals surface area contributed by atoms with Gasteiger partial charge in [-0.15, -0.1) is 11.3 Å². The second-order valence-electron chi connectivity index (χ2n) is 4.75. The zero-order valence-electron chi connectivity index (χ0n) is 11.0. The second-order valence-corrected chi connectivity index (χ2v) is 6.21. The molecule has 1 aliphatic heterocycles. The number of ether oxygens (including phenoxy) is 2. The molecule has 18 heavy (non-hydrogen) atoms. The lowest BCUT2D eigenvalue weighted by molar-refractivity contribution is -0.0370. The largest absolute Gasteiger partial charge is 0.376 e. The van der Waals surface area contributed by atoms with Crippen LogP contribution in [0.1, 0.15) is 39.4 Å². The summed E-state index contributed by atoms with van der Waals surface area (Å²) in [5.41, 5.74) is 0.807. The van der Waals surface area contributed by atoms with E-state index in [2.05, 4.69) is 0 Å². The molecule has 2 heterocycles. The molecule has 1 aromatic rings. The van der Waals surface area contributed by atoms with E-state index in [-0.39, 0.29) is 18.5 Å². The summed E-state index contributed by atoms with van der Waals surface area (Å²) >= 11 is 1.66. The van der Waals surface area contributed by atoms with Crippen molar-refractivity contribution in [1.29, 1.82) is 0 Å². The van der Waals surface area contributed by atoms with Gasteiger partial charge in [0.1, 0.15) is 6.61 Å². The molecule has 2 rings (SSSR count). The van der Waals surface area contributed by atoms with E-state index in [1.165, 1.54) is 11.3 Å². The van der Waals surface area contributed by atoms with Crippen LogP contribution in [0, 0.1) is 13.8 Å². The van der Waals surface area contributed by atoms with Gasteiger partial charge >= 0.3 is 0 Å². The van der Waals surface area contributed by atoms with Gasteiger partial charge in [-0.3, -0.25) is 4.79 Å². The summed E-state index contributed by atoms with van der Waals surface area (Å²) < 4.78 is 11.0. The minimum absolute atomic E-state index is 0.0765. The van der Waals surface area contributed by atoms with E-state index in [1.807, 2.05) is 19.9 Å². The van der Waals surface area contributed by atoms with Crippen LogP contribution in [0.4, 0.5) is 0 Å². The van der Waals surface area contributed by atoms with Gasteiger partial charge in [-0.05, 0) is 39.2 Å². The molecular weight excluding hydrogens is 248 g/mol. The number of carbonyl (C=O) groups is 1. The molecular formula is C14H20O3S. The van der Waals surface area contributed by atoms with Gasteiger partial charge in [-0.25, -0.2) is 0 Å². The van der Waals surface area contributed by atoms with E-state index in [4.69, 9.17) is 9.47 Å². The predicted octanol–water partition coefficient (Wildman–Crippen LogP) is 3.13. The average Bonchev–Trinajstić information content (AvgIpc) is 2.70. The Morgan fingerprint density at radius 3 is 2.94 bits per heavy atom. The standard InChI is InChI=1S/C14H20O3S/c1-10-7-13(11(2)18-10)14(15)9-16-8-12-5-3-4-6-17-12/h7,12H,3-6,8-9H2,1-2H3. The zero-order chi connectivity index (χ0) is 13.0. The Labute approximate surface area is 112 Å². The summed E-state index contributed by atoms with van der Waals surface area (Å²) in [5, 5.41) is 0. The third-order valence-corrected chi connectivity index (χ3v) is 4.12. The van der Waals surface area contributed by atoms with Crippen molar-refractivity contribution in [2.24, 2.45) is 0 Å². The van der Waals surface area contributed by atoms with Crippen molar-refractivity contribution in [3.05, 3.63) is 21.4 Å². The van der Waals surface area contributed by atoms with Gasteiger partial charge in [-0.1, -0.05) is 0 Å². The van der Waals surface area contributed by atoms with E-state index >= 15 is 0 Å². The minimum atomic E-state index is 0.0765. The summed E-state index contributed by atoms with van der Waals surface area (Å²) in [6, 6.07) is 1.95. The van der Waals surface area contributed by atoms with Crippen molar-refractivity contribution in [3.63, 3.8) is 0 Å². The molecule has 0 amide bonds. The number of hydrogen-bond donors (Lipinski definition) is 0. The highest BCUT2D eigenvalue weighted by Gasteiger charge is 2.16. The molecule has 1 fully saturated rings. The Bertz CT molecular complexity index is 405. The van der Waals surface area contributed by atoms with Crippen molar-refractivity contribution >= 4 is 17.1 Å². The fraction of sp³-hybridized carbons (Fsp3) is 0.643. The summed E-state index contributed by atoms with van der Waals surface area (Å²) in [7, 11) is 0. The molecule has 1 saturated heterocycles. The van der Waals surface area contributed by atoms with Gasteiger partial charge in [-0.2, -0.15) is 0 Å². The van der Waals surface area contributed by atoms with E-state index in [1.54, 1.807) is 11.3 Å². The zero-order valence-corrected chi connectivity index (χ0v) is 11.8. The number of thiophene rings is 1. The summed E-state index contributed by atoms with van der Waals surface area (Å²) in [4.78, 5) is 14.2. The Hall–Kier alpha value is -0.710. The maximum absolute atomic E-state index is 12.0. The lowest BCUT2D eigenvalue weighted by Crippen LogP contribution is -2.25. The monoisotopic (exact) mass is 268 g/mol. The first-order valence-corrected chi connectivity index (χ1v) is 7.28. The van der Waals surface area contributed by atoms with E-state index in [0.717, 1.165) is 29.9 Å². The molecule has 0 N–H and O–H groups in total. The van der Waals surface area contributed by atoms with Crippen molar-refractivity contribution in [3.8, 4) is 0 Å². The Morgan fingerprint density at radius 2 is 2.33 bits per heavy atom. The second kappa shape index (κ2) is 6.45. The molecule has 1 unspecified atom stereocenters. The third kappa shape index (κ3) is 3.64. The molecule has 3 nitrogen and oxygen atoms in total. The van der Waals surface area contributed by atoms with Gasteiger partial charge < -0.3 is 9.47 Å². The van der Waals surface area contributed by atoms with Gasteiger partial charge in [0.05, 0.1) is 12.7 Å². The average molecular weight is 268 g/mol. The first-order chi connectivity index (χ1) is 8.66. The minimum Gasteiger partial charge on any atom is -0.376 e. The van der Waals surface area contributed by atoms with Gasteiger partial charge in [0.2, 0.25) is 0 Å². The van der Waals surface area contributed by atoms with Crippen LogP contribution in [0.3, 0.4) is 0 Å². The number of aryl methyl sites for hydroxylation is 2. The Kier molecular flexibility index (Phi) is 4.92. The van der Waals surface area contributed by atoms with Crippen LogP contribution < -0.4 is 0 Å². The van der Waals surface area contributed by atoms with Crippen molar-refractivity contribution in [1.82, 2.24) is 0 Å². The van der Waals surface area contributed by atoms with Crippen LogP contribution in [0.5, 0.6) is 0 Å². The molecule has 0 aromatic carbocycles. The Morgan fingerprint density at radius 1 is 1.50 bits per heavy atom. The van der Waals surface area contributed by atoms with Crippen LogP contribution in [-0.2, 0) is 9.47 Å². The molecule has 100 valence electrons. The molecule has 1 aliphatic rings. The topological polar surface area (TPSA) is 35.5 Å². The van der Waals surface area contributed by atoms with Gasteiger partial charge in [0.25, 0.3) is 0 Å². The highest BCUT2D eigenvalue weighted by atomic mass is 32.1. The van der Waals surface area contributed by atoms with Gasteiger partial charge in [0, 0.05) is 21.9 Å². The highest BCUT2D eigenvalue weighted by molar-refractivity contribution is 7.12. The first kappa shape index (κ1) is 13.7. The Balaban J connectivity index is 1.76. The number of hydrogen-bond acceptors (Lipinski definition) is 4. The fourth-order valence-corrected chi connectivity index (χ4v) is 3.15. The molecule has 0 saturated carbocycles. The third-order valence-electron chi connectivity index (χ3n) is 3.15. The lowest BCUT2D eigenvalue weighted by atomic mass is 10.1. The van der Waals surface area contributed by atoms with E-state index in [9.17, 15) is 4.79 Å². The number of rotatable bonds is 5. The summed E-state index contributed by atoms with van der Waals surface area (Å²) in [6.07, 6.45) is 3.56. The van der Waals surface area contributed by atoms with Crippen molar-refractivity contribution < 1.29 is 14.3 Å². The number of ketones is 1. The molecule has 1 atom stereocenters. The molecule has 0 aliphatic carbocycles. The van der Waals surface area contributed by atoms with E-state index < -0.39 is 0 Å². The SMILES string of the molecule is Cc1cc(C(=O)COCC2CCCCO2)c(C)s1. The van der Waals surface area contributed by atoms with E-state index in [0.29, 0.717) is 6.61 Å². The predicted molar refractivity (Wildman–Crippen MR) is 72.5 cm³/mol. The summed E-state index contributed by atoms with van der Waals surface area (Å²) in [5.74, 6) is 0.0765. The molecule has 0 bridgehead atoms. The molecule has 1 aromatic heterocycles. The number of carbonyl (C=O) groups excluding carboxylic acids is 1. The van der Waals surface area contributed by atoms with Crippen LogP contribution in [-0.4, -0.2) is 31.7 Å². The van der Waals surface area contributed by atoms with Gasteiger partial charge in [0.15, 0.2) is 5.78 Å².